The zero-order chi connectivity index (χ0) is 15.3. The zero-order valence-corrected chi connectivity index (χ0v) is 12.9. The van der Waals surface area contributed by atoms with Crippen molar-refractivity contribution in [3.05, 3.63) is 34.9 Å². The predicted molar refractivity (Wildman–Crippen MR) is 81.3 cm³/mol. The summed E-state index contributed by atoms with van der Waals surface area (Å²) in [5.41, 5.74) is 3.25. The minimum absolute atomic E-state index is 0.0488. The van der Waals surface area contributed by atoms with Crippen LogP contribution in [0.2, 0.25) is 0 Å². The summed E-state index contributed by atoms with van der Waals surface area (Å²) in [4.78, 5) is 24.4. The Balaban J connectivity index is 1.58. The smallest absolute Gasteiger partial charge is 0.321 e. The van der Waals surface area contributed by atoms with Crippen LogP contribution < -0.4 is 5.32 Å². The molecule has 4 nitrogen and oxygen atoms in total. The van der Waals surface area contributed by atoms with Gasteiger partial charge in [0, 0.05) is 0 Å². The first-order valence-corrected chi connectivity index (χ1v) is 8.17. The minimum atomic E-state index is -0.912. The maximum Gasteiger partial charge on any atom is 0.321 e. The van der Waals surface area contributed by atoms with Gasteiger partial charge >= 0.3 is 5.97 Å². The fourth-order valence-corrected chi connectivity index (χ4v) is 4.26. The second-order valence-corrected chi connectivity index (χ2v) is 6.84. The predicted octanol–water partition coefficient (Wildman–Crippen LogP) is 2.62. The first-order chi connectivity index (χ1) is 10.7. The Hall–Kier alpha value is -1.84. The second-order valence-electron chi connectivity index (χ2n) is 6.84. The molecule has 1 saturated carbocycles. The third-order valence-electron chi connectivity index (χ3n) is 5.60. The second kappa shape index (κ2) is 4.83. The van der Waals surface area contributed by atoms with E-state index in [0.717, 1.165) is 12.8 Å². The van der Waals surface area contributed by atoms with Crippen molar-refractivity contribution in [2.75, 3.05) is 7.11 Å². The quantitative estimate of drug-likeness (QED) is 0.689. The lowest BCUT2D eigenvalue weighted by atomic mass is 9.84. The summed E-state index contributed by atoms with van der Waals surface area (Å²) < 4.78 is 4.80. The highest BCUT2D eigenvalue weighted by molar-refractivity contribution is 6.05. The van der Waals surface area contributed by atoms with Gasteiger partial charge in [0.2, 0.25) is 5.91 Å². The number of hydrogen-bond acceptors (Lipinski definition) is 3. The Morgan fingerprint density at radius 1 is 1.32 bits per heavy atom. The highest BCUT2D eigenvalue weighted by atomic mass is 16.5. The normalized spacial score (nSPS) is 27.0. The molecule has 2 unspecified atom stereocenters. The summed E-state index contributed by atoms with van der Waals surface area (Å²) in [6.45, 7) is 0. The Morgan fingerprint density at radius 2 is 2.14 bits per heavy atom. The van der Waals surface area contributed by atoms with Crippen LogP contribution in [0.25, 0.3) is 0 Å². The Kier molecular flexibility index (Phi) is 3.03. The molecule has 1 amide bonds. The van der Waals surface area contributed by atoms with Crippen LogP contribution in [0.4, 0.5) is 0 Å². The van der Waals surface area contributed by atoms with Crippen LogP contribution in [0.15, 0.2) is 18.2 Å². The van der Waals surface area contributed by atoms with Crippen LogP contribution in [-0.2, 0) is 20.7 Å². The summed E-state index contributed by atoms with van der Waals surface area (Å²) in [7, 11) is 1.35. The maximum atomic E-state index is 12.6. The van der Waals surface area contributed by atoms with E-state index in [-0.39, 0.29) is 11.9 Å². The van der Waals surface area contributed by atoms with Crippen molar-refractivity contribution in [3.63, 3.8) is 0 Å². The molecule has 1 aromatic rings. The van der Waals surface area contributed by atoms with Gasteiger partial charge in [0.1, 0.15) is 5.41 Å². The molecule has 3 aliphatic rings. The molecule has 3 aliphatic carbocycles. The number of nitrogens with one attached hydrogen (secondary N) is 1. The number of amides is 1. The van der Waals surface area contributed by atoms with Gasteiger partial charge in [0.05, 0.1) is 13.2 Å². The lowest BCUT2D eigenvalue weighted by Crippen LogP contribution is -2.39. The van der Waals surface area contributed by atoms with E-state index < -0.39 is 11.4 Å². The van der Waals surface area contributed by atoms with Crippen LogP contribution in [0.1, 0.15) is 60.8 Å². The fraction of sp³-hybridized carbons (Fsp3) is 0.556. The van der Waals surface area contributed by atoms with Crippen LogP contribution >= 0.6 is 0 Å². The first-order valence-electron chi connectivity index (χ1n) is 8.17. The topological polar surface area (TPSA) is 55.4 Å². The number of carbonyl (C=O) groups is 2. The molecule has 4 rings (SSSR count). The van der Waals surface area contributed by atoms with Gasteiger partial charge in [-0.3, -0.25) is 9.59 Å². The molecular formula is C18H21NO3. The molecule has 1 aromatic carbocycles. The van der Waals surface area contributed by atoms with Crippen molar-refractivity contribution in [1.82, 2.24) is 5.32 Å². The van der Waals surface area contributed by atoms with E-state index in [1.807, 2.05) is 0 Å². The van der Waals surface area contributed by atoms with E-state index in [2.05, 4.69) is 23.5 Å². The lowest BCUT2D eigenvalue weighted by molar-refractivity contribution is -0.152. The summed E-state index contributed by atoms with van der Waals surface area (Å²) in [5, 5.41) is 3.13. The third-order valence-corrected chi connectivity index (χ3v) is 5.60. The monoisotopic (exact) mass is 299 g/mol. The van der Waals surface area contributed by atoms with E-state index in [9.17, 15) is 9.59 Å². The SMILES string of the molecule is COC(=O)C1(C(=O)NC2CC3CCCc4cccc2c43)CC1. The van der Waals surface area contributed by atoms with Gasteiger partial charge < -0.3 is 10.1 Å². The van der Waals surface area contributed by atoms with Crippen LogP contribution in [0, 0.1) is 5.41 Å². The average molecular weight is 299 g/mol. The van der Waals surface area contributed by atoms with Gasteiger partial charge in [-0.1, -0.05) is 18.2 Å². The van der Waals surface area contributed by atoms with Crippen LogP contribution in [-0.4, -0.2) is 19.0 Å². The summed E-state index contributed by atoms with van der Waals surface area (Å²) in [6, 6.07) is 6.49. The zero-order valence-electron chi connectivity index (χ0n) is 12.9. The van der Waals surface area contributed by atoms with Gasteiger partial charge in [0.25, 0.3) is 0 Å². The lowest BCUT2D eigenvalue weighted by Gasteiger charge is -2.20. The third kappa shape index (κ3) is 1.89. The van der Waals surface area contributed by atoms with Crippen molar-refractivity contribution >= 4 is 11.9 Å². The largest absolute Gasteiger partial charge is 0.468 e. The molecule has 116 valence electrons. The van der Waals surface area contributed by atoms with Gasteiger partial charge in [-0.15, -0.1) is 0 Å². The highest BCUT2D eigenvalue weighted by Gasteiger charge is 2.58. The molecule has 0 aromatic heterocycles. The Labute approximate surface area is 130 Å². The fourth-order valence-electron chi connectivity index (χ4n) is 4.26. The van der Waals surface area contributed by atoms with Crippen molar-refractivity contribution in [1.29, 1.82) is 0 Å². The summed E-state index contributed by atoms with van der Waals surface area (Å²) >= 11 is 0. The van der Waals surface area contributed by atoms with E-state index in [0.29, 0.717) is 18.8 Å². The van der Waals surface area contributed by atoms with E-state index in [1.54, 1.807) is 0 Å². The number of aryl methyl sites for hydroxylation is 1. The highest BCUT2D eigenvalue weighted by Crippen LogP contribution is 2.50. The van der Waals surface area contributed by atoms with Gasteiger partial charge in [-0.2, -0.15) is 0 Å². The molecule has 0 saturated heterocycles. The molecule has 22 heavy (non-hydrogen) atoms. The van der Waals surface area contributed by atoms with Crippen molar-refractivity contribution in [2.24, 2.45) is 5.41 Å². The van der Waals surface area contributed by atoms with Gasteiger partial charge in [0.15, 0.2) is 0 Å². The molecule has 0 heterocycles. The van der Waals surface area contributed by atoms with Gasteiger partial charge in [-0.25, -0.2) is 0 Å². The van der Waals surface area contributed by atoms with Crippen LogP contribution in [0.3, 0.4) is 0 Å². The van der Waals surface area contributed by atoms with Crippen molar-refractivity contribution in [3.8, 4) is 0 Å². The number of benzene rings is 1. The number of carbonyl (C=O) groups excluding carboxylic acids is 2. The molecule has 1 fully saturated rings. The molecule has 0 spiro atoms. The standard InChI is InChI=1S/C18H21NO3/c1-22-17(21)18(8-9-18)16(20)19-14-10-12-6-2-4-11-5-3-7-13(14)15(11)12/h3,5,7,12,14H,2,4,6,8-10H2,1H3,(H,19,20). The molecule has 1 N–H and O–H groups in total. The van der Waals surface area contributed by atoms with Crippen LogP contribution in [0.5, 0.6) is 0 Å². The Morgan fingerprint density at radius 3 is 2.86 bits per heavy atom. The summed E-state index contributed by atoms with van der Waals surface area (Å²) in [6.07, 6.45) is 5.76. The molecule has 4 heteroatoms. The molecule has 0 radical (unpaired) electrons. The van der Waals surface area contributed by atoms with E-state index >= 15 is 0 Å². The number of methoxy groups -OCH3 is 1. The first kappa shape index (κ1) is 13.8. The average Bonchev–Trinajstić information content (AvgIpc) is 3.28. The minimum Gasteiger partial charge on any atom is -0.468 e. The molecule has 2 atom stereocenters. The van der Waals surface area contributed by atoms with Gasteiger partial charge in [-0.05, 0) is 61.1 Å². The molecule has 0 aliphatic heterocycles. The number of rotatable bonds is 3. The number of hydrogen-bond donors (Lipinski definition) is 1. The number of ether oxygens (including phenoxy) is 1. The molecular weight excluding hydrogens is 278 g/mol. The van der Waals surface area contributed by atoms with E-state index in [4.69, 9.17) is 4.74 Å². The van der Waals surface area contributed by atoms with E-state index in [1.165, 1.54) is 36.6 Å². The summed E-state index contributed by atoms with van der Waals surface area (Å²) in [5.74, 6) is 0.0250. The Bertz CT molecular complexity index is 648. The van der Waals surface area contributed by atoms with Crippen molar-refractivity contribution < 1.29 is 14.3 Å². The maximum absolute atomic E-state index is 12.6. The molecule has 0 bridgehead atoms. The van der Waals surface area contributed by atoms with Crippen molar-refractivity contribution in [2.45, 2.75) is 50.5 Å². The number of esters is 1.